The van der Waals surface area contributed by atoms with E-state index in [1.807, 2.05) is 0 Å². The molecule has 0 bridgehead atoms. The van der Waals surface area contributed by atoms with E-state index in [1.165, 1.54) is 18.3 Å². The minimum absolute atomic E-state index is 0.0262. The van der Waals surface area contributed by atoms with Crippen LogP contribution in [0.3, 0.4) is 0 Å². The molecule has 0 saturated heterocycles. The lowest BCUT2D eigenvalue weighted by Crippen LogP contribution is -2.44. The van der Waals surface area contributed by atoms with Crippen molar-refractivity contribution >= 4 is 15.7 Å². The molecule has 0 aromatic carbocycles. The number of hydrogen-bond acceptors (Lipinski definition) is 4. The van der Waals surface area contributed by atoms with Crippen LogP contribution >= 0.6 is 0 Å². The van der Waals surface area contributed by atoms with Gasteiger partial charge >= 0.3 is 5.51 Å². The van der Waals surface area contributed by atoms with Gasteiger partial charge in [-0.3, -0.25) is 9.78 Å². The highest BCUT2D eigenvalue weighted by atomic mass is 32.2. The molecule has 1 heterocycles. The van der Waals surface area contributed by atoms with Gasteiger partial charge < -0.3 is 5.32 Å². The van der Waals surface area contributed by atoms with Gasteiger partial charge in [-0.15, -0.1) is 0 Å². The minimum atomic E-state index is -5.43. The van der Waals surface area contributed by atoms with Crippen molar-refractivity contribution in [2.45, 2.75) is 17.8 Å². The van der Waals surface area contributed by atoms with Crippen LogP contribution in [0.1, 0.15) is 17.3 Å². The summed E-state index contributed by atoms with van der Waals surface area (Å²) in [6, 6.07) is 2.70. The summed E-state index contributed by atoms with van der Waals surface area (Å²) >= 11 is 0. The largest absolute Gasteiger partial charge is 0.499 e. The second-order valence-electron chi connectivity index (χ2n) is 3.35. The third-order valence-corrected chi connectivity index (χ3v) is 3.74. The molecule has 1 unspecified atom stereocenters. The summed E-state index contributed by atoms with van der Waals surface area (Å²) in [5.74, 6) is -0.941. The van der Waals surface area contributed by atoms with E-state index in [9.17, 15) is 26.4 Å². The molecule has 1 atom stereocenters. The minimum Gasteiger partial charge on any atom is -0.335 e. The molecule has 1 rings (SSSR count). The molecule has 18 heavy (non-hydrogen) atoms. The van der Waals surface area contributed by atoms with Crippen LogP contribution in [0.5, 0.6) is 0 Å². The van der Waals surface area contributed by atoms with Crippen molar-refractivity contribution in [1.29, 1.82) is 0 Å². The summed E-state index contributed by atoms with van der Waals surface area (Å²) in [5, 5.41) is -0.309. The number of amides is 1. The Kier molecular flexibility index (Phi) is 3.95. The molecule has 0 fully saturated rings. The van der Waals surface area contributed by atoms with E-state index in [2.05, 4.69) is 4.98 Å². The zero-order valence-electron chi connectivity index (χ0n) is 9.10. The average molecular weight is 282 g/mol. The third kappa shape index (κ3) is 2.97. The maximum atomic E-state index is 12.2. The van der Waals surface area contributed by atoms with E-state index in [0.717, 1.165) is 13.1 Å². The zero-order valence-corrected chi connectivity index (χ0v) is 9.92. The van der Waals surface area contributed by atoms with Gasteiger partial charge in [0.2, 0.25) is 0 Å². The Labute approximate surface area is 101 Å². The number of halogens is 3. The molecular formula is C9H9F3N2O3S. The van der Waals surface area contributed by atoms with Crippen molar-refractivity contribution < 1.29 is 26.4 Å². The van der Waals surface area contributed by atoms with Gasteiger partial charge in [-0.1, -0.05) is 0 Å². The van der Waals surface area contributed by atoms with Gasteiger partial charge in [0.25, 0.3) is 15.7 Å². The molecule has 1 amide bonds. The number of hydrogen-bond donors (Lipinski definition) is 1. The Morgan fingerprint density at radius 2 is 2.06 bits per heavy atom. The third-order valence-electron chi connectivity index (χ3n) is 2.05. The molecule has 1 aromatic heterocycles. The number of aromatic nitrogens is 1. The topological polar surface area (TPSA) is 76.1 Å². The van der Waals surface area contributed by atoms with Crippen molar-refractivity contribution in [3.05, 3.63) is 30.1 Å². The number of rotatable bonds is 3. The number of nitrogens with zero attached hydrogens (tertiary/aromatic N) is 1. The maximum Gasteiger partial charge on any atom is 0.499 e. The fourth-order valence-electron chi connectivity index (χ4n) is 1.04. The van der Waals surface area contributed by atoms with Crippen molar-refractivity contribution in [3.8, 4) is 0 Å². The van der Waals surface area contributed by atoms with Crippen LogP contribution in [0, 0.1) is 0 Å². The number of carbonyl (C=O) groups excluding carboxylic acids is 1. The summed E-state index contributed by atoms with van der Waals surface area (Å²) < 4.78 is 58.5. The van der Waals surface area contributed by atoms with Gasteiger partial charge in [-0.05, 0) is 19.1 Å². The van der Waals surface area contributed by atoms with Crippen molar-refractivity contribution in [1.82, 2.24) is 10.3 Å². The molecule has 0 saturated carbocycles. The van der Waals surface area contributed by atoms with E-state index in [-0.39, 0.29) is 5.56 Å². The van der Waals surface area contributed by atoms with Crippen molar-refractivity contribution in [3.63, 3.8) is 0 Å². The van der Waals surface area contributed by atoms with Crippen LogP contribution in [0.4, 0.5) is 13.2 Å². The molecule has 0 radical (unpaired) electrons. The normalized spacial score (nSPS) is 14.0. The van der Waals surface area contributed by atoms with Crippen molar-refractivity contribution in [2.75, 3.05) is 0 Å². The summed E-state index contributed by atoms with van der Waals surface area (Å²) in [4.78, 5) is 15.0. The number of alkyl halides is 3. The Morgan fingerprint density at radius 1 is 1.44 bits per heavy atom. The average Bonchev–Trinajstić information content (AvgIpc) is 2.28. The lowest BCUT2D eigenvalue weighted by atomic mass is 10.3. The zero-order chi connectivity index (χ0) is 14.0. The summed E-state index contributed by atoms with van der Waals surface area (Å²) in [5.41, 5.74) is -5.43. The standard InChI is InChI=1S/C9H9F3N2O3S/c1-6(18(16,17)9(10,11)12)14-8(15)7-3-2-4-13-5-7/h2-6H,1H3,(H,14,15). The molecule has 0 aliphatic heterocycles. The van der Waals surface area contributed by atoms with Gasteiger partial charge in [-0.25, -0.2) is 8.42 Å². The van der Waals surface area contributed by atoms with Gasteiger partial charge in [0, 0.05) is 12.4 Å². The highest BCUT2D eigenvalue weighted by molar-refractivity contribution is 7.92. The van der Waals surface area contributed by atoms with Crippen LogP contribution < -0.4 is 5.32 Å². The maximum absolute atomic E-state index is 12.2. The summed E-state index contributed by atoms with van der Waals surface area (Å²) in [6.07, 6.45) is 2.48. The van der Waals surface area contributed by atoms with Crippen molar-refractivity contribution in [2.24, 2.45) is 0 Å². The molecule has 100 valence electrons. The number of pyridine rings is 1. The highest BCUT2D eigenvalue weighted by Crippen LogP contribution is 2.26. The molecule has 9 heteroatoms. The first-order valence-electron chi connectivity index (χ1n) is 4.67. The smallest absolute Gasteiger partial charge is 0.335 e. The number of carbonyl (C=O) groups is 1. The second-order valence-corrected chi connectivity index (χ2v) is 5.61. The van der Waals surface area contributed by atoms with Crippen LogP contribution in [0.15, 0.2) is 24.5 Å². The Bertz CT molecular complexity index is 528. The van der Waals surface area contributed by atoms with E-state index >= 15 is 0 Å². The summed E-state index contributed by atoms with van der Waals surface area (Å²) in [7, 11) is -5.43. The fraction of sp³-hybridized carbons (Fsp3) is 0.333. The first-order valence-corrected chi connectivity index (χ1v) is 6.22. The lowest BCUT2D eigenvalue weighted by molar-refractivity contribution is -0.0445. The molecule has 0 spiro atoms. The van der Waals surface area contributed by atoms with Gasteiger partial charge in [0.1, 0.15) is 5.37 Å². The molecule has 5 nitrogen and oxygen atoms in total. The van der Waals surface area contributed by atoms with Gasteiger partial charge in [-0.2, -0.15) is 13.2 Å². The molecule has 0 aliphatic carbocycles. The predicted octanol–water partition coefficient (Wildman–Crippen LogP) is 1.09. The fourth-order valence-corrected chi connectivity index (χ4v) is 1.71. The Balaban J connectivity index is 2.85. The van der Waals surface area contributed by atoms with Gasteiger partial charge in [0.05, 0.1) is 5.56 Å². The first kappa shape index (κ1) is 14.4. The van der Waals surface area contributed by atoms with E-state index in [1.54, 1.807) is 5.32 Å². The molecular weight excluding hydrogens is 273 g/mol. The first-order chi connectivity index (χ1) is 8.16. The van der Waals surface area contributed by atoms with Crippen LogP contribution in [0.25, 0.3) is 0 Å². The van der Waals surface area contributed by atoms with Crippen LogP contribution in [-0.4, -0.2) is 30.2 Å². The van der Waals surface area contributed by atoms with E-state index < -0.39 is 26.6 Å². The van der Waals surface area contributed by atoms with E-state index in [4.69, 9.17) is 0 Å². The Hall–Kier alpha value is -1.64. The van der Waals surface area contributed by atoms with E-state index in [0.29, 0.717) is 0 Å². The molecule has 1 N–H and O–H groups in total. The second kappa shape index (κ2) is 4.92. The highest BCUT2D eigenvalue weighted by Gasteiger charge is 2.49. The summed E-state index contributed by atoms with van der Waals surface area (Å²) in [6.45, 7) is 0.747. The number of nitrogens with one attached hydrogen (secondary N) is 1. The van der Waals surface area contributed by atoms with Gasteiger partial charge in [0.15, 0.2) is 0 Å². The quantitative estimate of drug-likeness (QED) is 0.900. The Morgan fingerprint density at radius 3 is 2.50 bits per heavy atom. The molecule has 0 aliphatic rings. The monoisotopic (exact) mass is 282 g/mol. The van der Waals surface area contributed by atoms with Crippen LogP contribution in [0.2, 0.25) is 0 Å². The predicted molar refractivity (Wildman–Crippen MR) is 56.1 cm³/mol. The lowest BCUT2D eigenvalue weighted by Gasteiger charge is -2.16. The number of sulfone groups is 1. The molecule has 1 aromatic rings. The van der Waals surface area contributed by atoms with Crippen LogP contribution in [-0.2, 0) is 9.84 Å². The SMILES string of the molecule is CC(NC(=O)c1cccnc1)S(=O)(=O)C(F)(F)F.